The average molecular weight is 261 g/mol. The molecule has 0 bridgehead atoms. The van der Waals surface area contributed by atoms with E-state index in [0.717, 1.165) is 10.9 Å². The lowest BCUT2D eigenvalue weighted by atomic mass is 10.00. The maximum Gasteiger partial charge on any atom is 0.165 e. The molecule has 2 rings (SSSR count). The standard InChI is InChI=1S/C14H19N3S/c1-10(2)11-3-5-12(6-4-11)13(15)9-18-14-16-7-8-17-14/h3-8,10,13H,9,15H2,1-2H3,(H,16,17). The third-order valence-corrected chi connectivity index (χ3v) is 3.93. The molecule has 1 heterocycles. The van der Waals surface area contributed by atoms with Crippen molar-refractivity contribution >= 4 is 11.8 Å². The highest BCUT2D eigenvalue weighted by molar-refractivity contribution is 7.99. The molecule has 4 heteroatoms. The lowest BCUT2D eigenvalue weighted by Gasteiger charge is -2.12. The van der Waals surface area contributed by atoms with Gasteiger partial charge in [0.15, 0.2) is 5.16 Å². The van der Waals surface area contributed by atoms with Gasteiger partial charge >= 0.3 is 0 Å². The van der Waals surface area contributed by atoms with Crippen molar-refractivity contribution in [1.29, 1.82) is 0 Å². The van der Waals surface area contributed by atoms with Gasteiger partial charge in [-0.2, -0.15) is 0 Å². The zero-order chi connectivity index (χ0) is 13.0. The average Bonchev–Trinajstić information content (AvgIpc) is 2.89. The highest BCUT2D eigenvalue weighted by atomic mass is 32.2. The Hall–Kier alpha value is -1.26. The Balaban J connectivity index is 1.94. The van der Waals surface area contributed by atoms with E-state index in [0.29, 0.717) is 5.92 Å². The summed E-state index contributed by atoms with van der Waals surface area (Å²) in [7, 11) is 0. The van der Waals surface area contributed by atoms with Crippen LogP contribution in [-0.4, -0.2) is 15.7 Å². The van der Waals surface area contributed by atoms with Crippen LogP contribution in [0.15, 0.2) is 41.8 Å². The molecule has 18 heavy (non-hydrogen) atoms. The summed E-state index contributed by atoms with van der Waals surface area (Å²) in [5.41, 5.74) is 8.71. The monoisotopic (exact) mass is 261 g/mol. The topological polar surface area (TPSA) is 54.7 Å². The van der Waals surface area contributed by atoms with Crippen LogP contribution in [0.4, 0.5) is 0 Å². The van der Waals surface area contributed by atoms with Crippen LogP contribution in [0.1, 0.15) is 36.9 Å². The molecule has 2 aromatic rings. The Morgan fingerprint density at radius 3 is 2.44 bits per heavy atom. The van der Waals surface area contributed by atoms with Crippen LogP contribution in [0.2, 0.25) is 0 Å². The number of nitrogens with zero attached hydrogens (tertiary/aromatic N) is 1. The minimum absolute atomic E-state index is 0.0429. The van der Waals surface area contributed by atoms with Crippen LogP contribution in [0.5, 0.6) is 0 Å². The number of rotatable bonds is 5. The fourth-order valence-corrected chi connectivity index (χ4v) is 2.54. The van der Waals surface area contributed by atoms with Crippen molar-refractivity contribution < 1.29 is 0 Å². The van der Waals surface area contributed by atoms with Crippen LogP contribution >= 0.6 is 11.8 Å². The second-order valence-electron chi connectivity index (χ2n) is 4.63. The molecule has 0 saturated carbocycles. The van der Waals surface area contributed by atoms with E-state index < -0.39 is 0 Å². The van der Waals surface area contributed by atoms with Gasteiger partial charge in [0.05, 0.1) is 0 Å². The highest BCUT2D eigenvalue weighted by Gasteiger charge is 2.08. The van der Waals surface area contributed by atoms with Gasteiger partial charge in [-0.15, -0.1) is 0 Å². The zero-order valence-electron chi connectivity index (χ0n) is 10.8. The molecule has 0 spiro atoms. The molecular formula is C14H19N3S. The third-order valence-electron chi connectivity index (χ3n) is 2.90. The molecule has 1 aromatic carbocycles. The number of aromatic nitrogens is 2. The first-order valence-corrected chi connectivity index (χ1v) is 7.13. The highest BCUT2D eigenvalue weighted by Crippen LogP contribution is 2.22. The van der Waals surface area contributed by atoms with Gasteiger partial charge in [0.1, 0.15) is 0 Å². The molecule has 0 aliphatic rings. The van der Waals surface area contributed by atoms with Crippen LogP contribution < -0.4 is 5.73 Å². The predicted molar refractivity (Wildman–Crippen MR) is 76.8 cm³/mol. The maximum absolute atomic E-state index is 6.18. The number of benzene rings is 1. The molecule has 1 aromatic heterocycles. The van der Waals surface area contributed by atoms with Crippen molar-refractivity contribution in [2.45, 2.75) is 31.0 Å². The molecule has 1 atom stereocenters. The predicted octanol–water partition coefficient (Wildman–Crippen LogP) is 3.33. The molecule has 0 aliphatic heterocycles. The Morgan fingerprint density at radius 2 is 1.89 bits per heavy atom. The van der Waals surface area contributed by atoms with Crippen molar-refractivity contribution in [1.82, 2.24) is 9.97 Å². The first kappa shape index (κ1) is 13.2. The van der Waals surface area contributed by atoms with Gasteiger partial charge in [-0.1, -0.05) is 49.9 Å². The summed E-state index contributed by atoms with van der Waals surface area (Å²) in [6.07, 6.45) is 3.58. The minimum atomic E-state index is 0.0429. The molecule has 3 nitrogen and oxygen atoms in total. The molecule has 96 valence electrons. The van der Waals surface area contributed by atoms with E-state index in [1.54, 1.807) is 18.0 Å². The fourth-order valence-electron chi connectivity index (χ4n) is 1.72. The van der Waals surface area contributed by atoms with Crippen molar-refractivity contribution in [3.63, 3.8) is 0 Å². The maximum atomic E-state index is 6.18. The summed E-state index contributed by atoms with van der Waals surface area (Å²) in [5, 5.41) is 0.921. The van der Waals surface area contributed by atoms with Gasteiger partial charge in [0.2, 0.25) is 0 Å². The molecule has 0 saturated heterocycles. The van der Waals surface area contributed by atoms with Gasteiger partial charge < -0.3 is 10.7 Å². The summed E-state index contributed by atoms with van der Waals surface area (Å²) in [6.45, 7) is 4.39. The Bertz CT molecular complexity index is 462. The van der Waals surface area contributed by atoms with Crippen LogP contribution in [0.3, 0.4) is 0 Å². The van der Waals surface area contributed by atoms with Crippen LogP contribution in [0.25, 0.3) is 0 Å². The second kappa shape index (κ2) is 6.07. The van der Waals surface area contributed by atoms with E-state index in [1.807, 2.05) is 6.20 Å². The van der Waals surface area contributed by atoms with Gasteiger partial charge in [-0.3, -0.25) is 0 Å². The summed E-state index contributed by atoms with van der Waals surface area (Å²) >= 11 is 1.65. The van der Waals surface area contributed by atoms with E-state index in [-0.39, 0.29) is 6.04 Å². The van der Waals surface area contributed by atoms with Crippen LogP contribution in [-0.2, 0) is 0 Å². The number of H-pyrrole nitrogens is 1. The number of nitrogens with two attached hydrogens (primary N) is 1. The largest absolute Gasteiger partial charge is 0.340 e. The quantitative estimate of drug-likeness (QED) is 0.812. The van der Waals surface area contributed by atoms with Crippen molar-refractivity contribution in [2.75, 3.05) is 5.75 Å². The van der Waals surface area contributed by atoms with E-state index in [4.69, 9.17) is 5.73 Å². The van der Waals surface area contributed by atoms with Crippen molar-refractivity contribution in [3.05, 3.63) is 47.8 Å². The number of thioether (sulfide) groups is 1. The SMILES string of the molecule is CC(C)c1ccc(C(N)CSc2ncc[nH]2)cc1. The van der Waals surface area contributed by atoms with Gasteiger partial charge in [-0.05, 0) is 17.0 Å². The van der Waals surface area contributed by atoms with Gasteiger partial charge in [-0.25, -0.2) is 4.98 Å². The lowest BCUT2D eigenvalue weighted by molar-refractivity contribution is 0.820. The summed E-state index contributed by atoms with van der Waals surface area (Å²) in [5.74, 6) is 1.39. The lowest BCUT2D eigenvalue weighted by Crippen LogP contribution is -2.13. The third kappa shape index (κ3) is 3.37. The van der Waals surface area contributed by atoms with E-state index in [1.165, 1.54) is 11.1 Å². The Kier molecular flexibility index (Phi) is 4.44. The fraction of sp³-hybridized carbons (Fsp3) is 0.357. The number of aromatic amines is 1. The molecule has 0 radical (unpaired) electrons. The molecule has 3 N–H and O–H groups in total. The molecular weight excluding hydrogens is 242 g/mol. The Labute approximate surface area is 112 Å². The smallest absolute Gasteiger partial charge is 0.165 e. The number of nitrogens with one attached hydrogen (secondary N) is 1. The first-order valence-electron chi connectivity index (χ1n) is 6.14. The zero-order valence-corrected chi connectivity index (χ0v) is 11.6. The van der Waals surface area contributed by atoms with E-state index in [9.17, 15) is 0 Å². The summed E-state index contributed by atoms with van der Waals surface area (Å²) < 4.78 is 0. The Morgan fingerprint density at radius 1 is 1.22 bits per heavy atom. The number of hydrogen-bond donors (Lipinski definition) is 2. The second-order valence-corrected chi connectivity index (χ2v) is 5.64. The van der Waals surface area contributed by atoms with Crippen molar-refractivity contribution in [2.24, 2.45) is 5.73 Å². The molecule has 0 amide bonds. The minimum Gasteiger partial charge on any atom is -0.340 e. The van der Waals surface area contributed by atoms with Crippen LogP contribution in [0, 0.1) is 0 Å². The van der Waals surface area contributed by atoms with Gasteiger partial charge in [0.25, 0.3) is 0 Å². The molecule has 0 aliphatic carbocycles. The number of imidazole rings is 1. The number of hydrogen-bond acceptors (Lipinski definition) is 3. The van der Waals surface area contributed by atoms with Gasteiger partial charge in [0, 0.05) is 24.2 Å². The normalized spacial score (nSPS) is 12.9. The van der Waals surface area contributed by atoms with Crippen molar-refractivity contribution in [3.8, 4) is 0 Å². The molecule has 1 unspecified atom stereocenters. The summed E-state index contributed by atoms with van der Waals surface area (Å²) in [6, 6.07) is 8.63. The molecule has 0 fully saturated rings. The van der Waals surface area contributed by atoms with E-state index in [2.05, 4.69) is 48.1 Å². The van der Waals surface area contributed by atoms with E-state index >= 15 is 0 Å². The summed E-state index contributed by atoms with van der Waals surface area (Å²) in [4.78, 5) is 7.24. The first-order chi connectivity index (χ1) is 8.66.